The van der Waals surface area contributed by atoms with E-state index in [0.717, 1.165) is 5.56 Å². The maximum absolute atomic E-state index is 12.7. The van der Waals surface area contributed by atoms with E-state index in [1.54, 1.807) is 24.9 Å². The van der Waals surface area contributed by atoms with Crippen molar-refractivity contribution in [1.29, 1.82) is 5.26 Å². The fourth-order valence-electron chi connectivity index (χ4n) is 3.92. The zero-order chi connectivity index (χ0) is 20.6. The lowest BCUT2D eigenvalue weighted by molar-refractivity contribution is 0.0615. The molecule has 0 aliphatic carbocycles. The van der Waals surface area contributed by atoms with Crippen LogP contribution >= 0.6 is 0 Å². The number of nitrogens with zero attached hydrogens (tertiary/aromatic N) is 2. The van der Waals surface area contributed by atoms with Crippen LogP contribution in [-0.2, 0) is 11.2 Å². The van der Waals surface area contributed by atoms with Crippen molar-refractivity contribution in [3.8, 4) is 23.1 Å². The van der Waals surface area contributed by atoms with Crippen molar-refractivity contribution in [2.75, 3.05) is 20.8 Å². The number of rotatable bonds is 5. The van der Waals surface area contributed by atoms with Crippen LogP contribution in [0.5, 0.6) is 5.75 Å². The number of fused-ring (bicyclic) bond motifs is 3. The monoisotopic (exact) mass is 382 g/mol. The second-order valence-electron chi connectivity index (χ2n) is 7.58. The third-order valence-electron chi connectivity index (χ3n) is 5.32. The van der Waals surface area contributed by atoms with Gasteiger partial charge in [0, 0.05) is 30.3 Å². The Labute approximate surface area is 162 Å². The van der Waals surface area contributed by atoms with Gasteiger partial charge in [-0.3, -0.25) is 4.79 Å². The van der Waals surface area contributed by atoms with E-state index in [1.165, 1.54) is 6.20 Å². The molecule has 7 heteroatoms. The molecular weight excluding hydrogens is 360 g/mol. The normalized spacial score (nSPS) is 15.3. The summed E-state index contributed by atoms with van der Waals surface area (Å²) in [6.45, 7) is 4.47. The van der Waals surface area contributed by atoms with Crippen LogP contribution in [0.15, 0.2) is 29.2 Å². The Bertz CT molecular complexity index is 1050. The molecule has 7 nitrogen and oxygen atoms in total. The number of carboxylic acid groups (broad SMARTS) is 1. The number of pyridine rings is 1. The molecule has 1 unspecified atom stereocenters. The van der Waals surface area contributed by atoms with Crippen LogP contribution in [0.1, 0.15) is 41.4 Å². The van der Waals surface area contributed by atoms with Gasteiger partial charge in [-0.15, -0.1) is 0 Å². The van der Waals surface area contributed by atoms with Crippen molar-refractivity contribution >= 4 is 5.97 Å². The minimum Gasteiger partial charge on any atom is -0.497 e. The molecule has 1 aliphatic rings. The van der Waals surface area contributed by atoms with Crippen molar-refractivity contribution < 1.29 is 19.4 Å². The molecule has 2 heterocycles. The van der Waals surface area contributed by atoms with Crippen LogP contribution in [0.25, 0.3) is 11.3 Å². The average Bonchev–Trinajstić information content (AvgIpc) is 2.66. The lowest BCUT2D eigenvalue weighted by atomic mass is 9.77. The van der Waals surface area contributed by atoms with E-state index in [4.69, 9.17) is 9.47 Å². The Balaban J connectivity index is 2.41. The molecular formula is C21H22N2O5. The Morgan fingerprint density at radius 1 is 1.39 bits per heavy atom. The van der Waals surface area contributed by atoms with Crippen LogP contribution in [0.4, 0.5) is 0 Å². The smallest absolute Gasteiger partial charge is 0.341 e. The minimum absolute atomic E-state index is 0.174. The SMILES string of the molecule is COCC(C)(C)C1Cc2ccc(OC)cc2-c2c(C#N)c(=O)c(C(=O)O)cn21. The molecule has 146 valence electrons. The van der Waals surface area contributed by atoms with Crippen LogP contribution < -0.4 is 10.2 Å². The van der Waals surface area contributed by atoms with Gasteiger partial charge < -0.3 is 19.1 Å². The highest BCUT2D eigenvalue weighted by Crippen LogP contribution is 2.44. The van der Waals surface area contributed by atoms with Crippen molar-refractivity contribution in [3.63, 3.8) is 0 Å². The van der Waals surface area contributed by atoms with Gasteiger partial charge in [0.25, 0.3) is 0 Å². The number of ether oxygens (including phenoxy) is 2. The van der Waals surface area contributed by atoms with Gasteiger partial charge >= 0.3 is 5.97 Å². The molecule has 0 spiro atoms. The van der Waals surface area contributed by atoms with E-state index in [1.807, 2.05) is 32.0 Å². The number of hydrogen-bond acceptors (Lipinski definition) is 5. The predicted octanol–water partition coefficient (Wildman–Crippen LogP) is 2.86. The Hall–Kier alpha value is -3.11. The van der Waals surface area contributed by atoms with Gasteiger partial charge in [0.15, 0.2) is 0 Å². The van der Waals surface area contributed by atoms with Crippen LogP contribution in [-0.4, -0.2) is 36.5 Å². The van der Waals surface area contributed by atoms with Crippen molar-refractivity contribution in [2.24, 2.45) is 5.41 Å². The summed E-state index contributed by atoms with van der Waals surface area (Å²) in [6, 6.07) is 7.27. The number of aromatic carboxylic acids is 1. The lowest BCUT2D eigenvalue weighted by Gasteiger charge is -2.41. The first-order chi connectivity index (χ1) is 13.2. The van der Waals surface area contributed by atoms with E-state index in [0.29, 0.717) is 30.0 Å². The summed E-state index contributed by atoms with van der Waals surface area (Å²) in [6.07, 6.45) is 1.96. The van der Waals surface area contributed by atoms with Gasteiger partial charge in [0.05, 0.1) is 19.4 Å². The van der Waals surface area contributed by atoms with Gasteiger partial charge in [-0.05, 0) is 24.1 Å². The average molecular weight is 382 g/mol. The third-order valence-corrected chi connectivity index (χ3v) is 5.32. The maximum atomic E-state index is 12.7. The first kappa shape index (κ1) is 19.6. The van der Waals surface area contributed by atoms with Gasteiger partial charge in [0.1, 0.15) is 22.9 Å². The number of hydrogen-bond donors (Lipinski definition) is 1. The lowest BCUT2D eigenvalue weighted by Crippen LogP contribution is -2.38. The number of aromatic nitrogens is 1. The number of nitriles is 1. The fraction of sp³-hybridized carbons (Fsp3) is 0.381. The summed E-state index contributed by atoms with van der Waals surface area (Å²) >= 11 is 0. The van der Waals surface area contributed by atoms with Gasteiger partial charge in [-0.25, -0.2) is 4.79 Å². The molecule has 0 bridgehead atoms. The largest absolute Gasteiger partial charge is 0.497 e. The Kier molecular flexibility index (Phi) is 5.01. The molecule has 1 atom stereocenters. The number of methoxy groups -OCH3 is 2. The standard InChI is InChI=1S/C21H22N2O5/c1-21(2,11-27-3)17-7-12-5-6-13(28-4)8-14(12)18-15(9-22)19(24)16(20(25)26)10-23(17)18/h5-6,8,10,17H,7,11H2,1-4H3,(H,25,26). The summed E-state index contributed by atoms with van der Waals surface area (Å²) in [7, 11) is 3.15. The summed E-state index contributed by atoms with van der Waals surface area (Å²) < 4.78 is 12.4. The van der Waals surface area contributed by atoms with Crippen molar-refractivity contribution in [2.45, 2.75) is 26.3 Å². The molecule has 28 heavy (non-hydrogen) atoms. The number of benzene rings is 1. The summed E-state index contributed by atoms with van der Waals surface area (Å²) in [5.74, 6) is -0.755. The zero-order valence-corrected chi connectivity index (χ0v) is 16.3. The van der Waals surface area contributed by atoms with Crippen LogP contribution in [0.2, 0.25) is 0 Å². The predicted molar refractivity (Wildman–Crippen MR) is 103 cm³/mol. The second-order valence-corrected chi connectivity index (χ2v) is 7.58. The number of carboxylic acids is 1. The summed E-state index contributed by atoms with van der Waals surface area (Å²) in [5.41, 5.74) is 0.353. The fourth-order valence-corrected chi connectivity index (χ4v) is 3.92. The first-order valence-corrected chi connectivity index (χ1v) is 8.84. The maximum Gasteiger partial charge on any atom is 0.341 e. The third kappa shape index (κ3) is 3.06. The van der Waals surface area contributed by atoms with Crippen molar-refractivity contribution in [1.82, 2.24) is 4.57 Å². The Morgan fingerprint density at radius 2 is 2.11 bits per heavy atom. The highest BCUT2D eigenvalue weighted by Gasteiger charge is 2.38. The van der Waals surface area contributed by atoms with Gasteiger partial charge in [0.2, 0.25) is 5.43 Å². The molecule has 0 fully saturated rings. The molecule has 0 saturated heterocycles. The van der Waals surface area contributed by atoms with E-state index in [-0.39, 0.29) is 17.0 Å². The minimum atomic E-state index is -1.35. The van der Waals surface area contributed by atoms with Crippen LogP contribution in [0, 0.1) is 16.7 Å². The molecule has 1 aromatic carbocycles. The zero-order valence-electron chi connectivity index (χ0n) is 16.3. The first-order valence-electron chi connectivity index (χ1n) is 8.84. The molecule has 1 N–H and O–H groups in total. The molecule has 0 amide bonds. The van der Waals surface area contributed by atoms with E-state index in [9.17, 15) is 20.0 Å². The van der Waals surface area contributed by atoms with E-state index >= 15 is 0 Å². The Morgan fingerprint density at radius 3 is 2.68 bits per heavy atom. The molecule has 1 aliphatic heterocycles. The molecule has 3 rings (SSSR count). The quantitative estimate of drug-likeness (QED) is 0.853. The number of carbonyl (C=O) groups is 1. The topological polar surface area (TPSA) is 102 Å². The molecule has 0 radical (unpaired) electrons. The second kappa shape index (κ2) is 7.13. The highest BCUT2D eigenvalue weighted by molar-refractivity contribution is 5.89. The van der Waals surface area contributed by atoms with E-state index in [2.05, 4.69) is 0 Å². The van der Waals surface area contributed by atoms with Crippen molar-refractivity contribution in [3.05, 3.63) is 51.3 Å². The summed E-state index contributed by atoms with van der Waals surface area (Å²) in [4.78, 5) is 24.3. The van der Waals surface area contributed by atoms with Crippen LogP contribution in [0.3, 0.4) is 0 Å². The van der Waals surface area contributed by atoms with Gasteiger partial charge in [-0.1, -0.05) is 19.9 Å². The highest BCUT2D eigenvalue weighted by atomic mass is 16.5. The van der Waals surface area contributed by atoms with Gasteiger partial charge in [-0.2, -0.15) is 5.26 Å². The molecule has 0 saturated carbocycles. The molecule has 2 aromatic rings. The molecule has 1 aromatic heterocycles. The summed E-state index contributed by atoms with van der Waals surface area (Å²) in [5, 5.41) is 19.2. The van der Waals surface area contributed by atoms with E-state index < -0.39 is 17.0 Å².